The van der Waals surface area contributed by atoms with Crippen molar-refractivity contribution in [1.29, 1.82) is 0 Å². The van der Waals surface area contributed by atoms with Crippen LogP contribution in [0.4, 0.5) is 5.00 Å². The Morgan fingerprint density at radius 2 is 1.97 bits per heavy atom. The van der Waals surface area contributed by atoms with E-state index in [4.69, 9.17) is 42.1 Å². The van der Waals surface area contributed by atoms with Gasteiger partial charge in [0.2, 0.25) is 0 Å². The lowest BCUT2D eigenvalue weighted by Gasteiger charge is -2.12. The summed E-state index contributed by atoms with van der Waals surface area (Å²) in [4.78, 5) is 19.2. The molecule has 6 nitrogen and oxygen atoms in total. The highest BCUT2D eigenvalue weighted by Gasteiger charge is 2.25. The number of furan rings is 1. The highest BCUT2D eigenvalue weighted by molar-refractivity contribution is 7.16. The van der Waals surface area contributed by atoms with E-state index >= 15 is 0 Å². The molecule has 0 unspecified atom stereocenters. The molecule has 0 saturated carbocycles. The van der Waals surface area contributed by atoms with Gasteiger partial charge in [-0.2, -0.15) is 0 Å². The smallest absolute Gasteiger partial charge is 0.255 e. The number of rotatable bonds is 9. The molecule has 5 rings (SSSR count). The molecule has 4 aromatic rings. The van der Waals surface area contributed by atoms with Crippen molar-refractivity contribution in [3.8, 4) is 11.5 Å². The highest BCUT2D eigenvalue weighted by Crippen LogP contribution is 2.40. The number of nitrogens with zero attached hydrogens (tertiary/aromatic N) is 1. The van der Waals surface area contributed by atoms with Crippen LogP contribution in [-0.4, -0.2) is 19.2 Å². The maximum Gasteiger partial charge on any atom is 0.255 e. The van der Waals surface area contributed by atoms with Gasteiger partial charge in [-0.25, -0.2) is 4.99 Å². The Balaban J connectivity index is 1.34. The summed E-state index contributed by atoms with van der Waals surface area (Å²) in [6, 6.07) is 14.6. The van der Waals surface area contributed by atoms with Gasteiger partial charge in [0.1, 0.15) is 17.4 Å². The second-order valence-corrected chi connectivity index (χ2v) is 10.8. The molecule has 9 heteroatoms. The van der Waals surface area contributed by atoms with Gasteiger partial charge < -0.3 is 19.2 Å². The molecule has 1 aliphatic rings. The average molecular weight is 570 g/mol. The van der Waals surface area contributed by atoms with Gasteiger partial charge in [-0.3, -0.25) is 4.79 Å². The van der Waals surface area contributed by atoms with Gasteiger partial charge in [0.25, 0.3) is 5.91 Å². The minimum absolute atomic E-state index is 0.128. The molecule has 1 amide bonds. The summed E-state index contributed by atoms with van der Waals surface area (Å²) >= 11 is 13.7. The Labute approximate surface area is 235 Å². The van der Waals surface area contributed by atoms with Crippen LogP contribution in [0.15, 0.2) is 64.2 Å². The van der Waals surface area contributed by atoms with Crippen molar-refractivity contribution in [2.45, 2.75) is 38.8 Å². The summed E-state index contributed by atoms with van der Waals surface area (Å²) in [6.45, 7) is 0.651. The van der Waals surface area contributed by atoms with Crippen molar-refractivity contribution >= 4 is 51.7 Å². The number of amides is 1. The van der Waals surface area contributed by atoms with Crippen molar-refractivity contribution in [3.05, 3.63) is 97.7 Å². The fourth-order valence-corrected chi connectivity index (χ4v) is 5.90. The Bertz CT molecular complexity index is 1460. The fourth-order valence-electron chi connectivity index (χ4n) is 4.35. The number of hydrogen-bond donors (Lipinski definition) is 1. The number of hydrogen-bond acceptors (Lipinski definition) is 6. The van der Waals surface area contributed by atoms with Crippen LogP contribution in [0.5, 0.6) is 11.5 Å². The molecule has 0 spiro atoms. The molecule has 0 fully saturated rings. The molecule has 2 heterocycles. The third-order valence-electron chi connectivity index (χ3n) is 6.28. The summed E-state index contributed by atoms with van der Waals surface area (Å²) in [6.07, 6.45) is 7.43. The third kappa shape index (κ3) is 6.07. The molecule has 196 valence electrons. The molecule has 38 heavy (non-hydrogen) atoms. The summed E-state index contributed by atoms with van der Waals surface area (Å²) in [5.41, 5.74) is 3.51. The SMILES string of the molecule is COc1cc(C=Nc2sc3c(c2C(=O)NCc2ccco2)CCCC3)ccc1OCc1ccc(Cl)c(Cl)c1. The molecule has 0 aliphatic heterocycles. The second-order valence-electron chi connectivity index (χ2n) is 8.86. The lowest BCUT2D eigenvalue weighted by molar-refractivity contribution is 0.0948. The summed E-state index contributed by atoms with van der Waals surface area (Å²) in [5.74, 6) is 1.76. The average Bonchev–Trinajstić information content (AvgIpc) is 3.59. The van der Waals surface area contributed by atoms with E-state index in [1.165, 1.54) is 4.88 Å². The number of carbonyl (C=O) groups excluding carboxylic acids is 1. The Morgan fingerprint density at radius 3 is 2.76 bits per heavy atom. The predicted octanol–water partition coefficient (Wildman–Crippen LogP) is 7.79. The zero-order valence-electron chi connectivity index (χ0n) is 20.8. The van der Waals surface area contributed by atoms with Gasteiger partial charge in [0.05, 0.1) is 35.5 Å². The normalized spacial score (nSPS) is 12.9. The van der Waals surface area contributed by atoms with E-state index in [9.17, 15) is 4.79 Å². The first-order valence-electron chi connectivity index (χ1n) is 12.3. The monoisotopic (exact) mass is 568 g/mol. The number of halogens is 2. The van der Waals surface area contributed by atoms with Crippen LogP contribution in [0.2, 0.25) is 10.0 Å². The largest absolute Gasteiger partial charge is 0.493 e. The molecular formula is C29H26Cl2N2O4S. The molecule has 0 saturated heterocycles. The molecule has 1 aliphatic carbocycles. The van der Waals surface area contributed by atoms with Gasteiger partial charge in [0.15, 0.2) is 11.5 Å². The van der Waals surface area contributed by atoms with Crippen molar-refractivity contribution in [2.75, 3.05) is 7.11 Å². The highest BCUT2D eigenvalue weighted by atomic mass is 35.5. The number of benzene rings is 2. The van der Waals surface area contributed by atoms with E-state index in [1.54, 1.807) is 43.1 Å². The van der Waals surface area contributed by atoms with Gasteiger partial charge in [-0.1, -0.05) is 29.3 Å². The first kappa shape index (κ1) is 26.4. The van der Waals surface area contributed by atoms with E-state index < -0.39 is 0 Å². The number of thiophene rings is 1. The standard InChI is InChI=1S/C29H26Cl2N2O4S/c1-35-25-14-18(9-11-24(25)37-17-19-8-10-22(30)23(31)13-19)15-33-29-27(21-6-2-3-7-26(21)38-29)28(34)32-16-20-5-4-12-36-20/h4-5,8-15H,2-3,6-7,16-17H2,1H3,(H,32,34). The number of carbonyl (C=O) groups is 1. The Morgan fingerprint density at radius 1 is 1.11 bits per heavy atom. The number of aliphatic imine (C=N–C) groups is 1. The molecule has 2 aromatic carbocycles. The third-order valence-corrected chi connectivity index (χ3v) is 8.22. The van der Waals surface area contributed by atoms with Crippen LogP contribution in [-0.2, 0) is 26.0 Å². The van der Waals surface area contributed by atoms with Gasteiger partial charge >= 0.3 is 0 Å². The zero-order chi connectivity index (χ0) is 26.5. The van der Waals surface area contributed by atoms with E-state index in [-0.39, 0.29) is 5.91 Å². The second kappa shape index (κ2) is 12.1. The predicted molar refractivity (Wildman–Crippen MR) is 152 cm³/mol. The molecule has 2 aromatic heterocycles. The number of ether oxygens (including phenoxy) is 2. The summed E-state index contributed by atoms with van der Waals surface area (Å²) < 4.78 is 16.9. The minimum Gasteiger partial charge on any atom is -0.493 e. The van der Waals surface area contributed by atoms with Crippen molar-refractivity contribution in [1.82, 2.24) is 5.32 Å². The van der Waals surface area contributed by atoms with E-state index in [1.807, 2.05) is 36.4 Å². The molecule has 1 N–H and O–H groups in total. The van der Waals surface area contributed by atoms with E-state index in [0.717, 1.165) is 42.4 Å². The maximum absolute atomic E-state index is 13.2. The van der Waals surface area contributed by atoms with Crippen LogP contribution in [0.25, 0.3) is 0 Å². The number of methoxy groups -OCH3 is 1. The minimum atomic E-state index is -0.128. The maximum atomic E-state index is 13.2. The van der Waals surface area contributed by atoms with Gasteiger partial charge in [-0.05, 0) is 84.8 Å². The number of aryl methyl sites for hydroxylation is 1. The first-order valence-corrected chi connectivity index (χ1v) is 13.8. The summed E-state index contributed by atoms with van der Waals surface area (Å²) in [5, 5.41) is 4.68. The first-order chi connectivity index (χ1) is 18.5. The Hall–Kier alpha value is -3.26. The van der Waals surface area contributed by atoms with Crippen molar-refractivity contribution < 1.29 is 18.7 Å². The van der Waals surface area contributed by atoms with Crippen LogP contribution in [0.3, 0.4) is 0 Å². The van der Waals surface area contributed by atoms with Gasteiger partial charge in [0, 0.05) is 11.1 Å². The summed E-state index contributed by atoms with van der Waals surface area (Å²) in [7, 11) is 1.59. The van der Waals surface area contributed by atoms with Crippen molar-refractivity contribution in [2.24, 2.45) is 4.99 Å². The van der Waals surface area contributed by atoms with Crippen LogP contribution < -0.4 is 14.8 Å². The lowest BCUT2D eigenvalue weighted by atomic mass is 9.95. The van der Waals surface area contributed by atoms with Crippen LogP contribution in [0.1, 0.15) is 50.5 Å². The van der Waals surface area contributed by atoms with Gasteiger partial charge in [-0.15, -0.1) is 11.3 Å². The van der Waals surface area contributed by atoms with E-state index in [0.29, 0.717) is 51.0 Å². The zero-order valence-corrected chi connectivity index (χ0v) is 23.1. The molecule has 0 atom stereocenters. The van der Waals surface area contributed by atoms with Crippen molar-refractivity contribution in [3.63, 3.8) is 0 Å². The fraction of sp³-hybridized carbons (Fsp3) is 0.241. The molecule has 0 radical (unpaired) electrons. The van der Waals surface area contributed by atoms with Crippen LogP contribution >= 0.6 is 34.5 Å². The van der Waals surface area contributed by atoms with E-state index in [2.05, 4.69) is 5.32 Å². The quantitative estimate of drug-likeness (QED) is 0.209. The van der Waals surface area contributed by atoms with Crippen LogP contribution in [0, 0.1) is 0 Å². The number of nitrogens with one attached hydrogen (secondary N) is 1. The topological polar surface area (TPSA) is 73.1 Å². The number of fused-ring (bicyclic) bond motifs is 1. The molecule has 0 bridgehead atoms. The Kier molecular flexibility index (Phi) is 8.37. The lowest BCUT2D eigenvalue weighted by Crippen LogP contribution is -2.23. The molecular weight excluding hydrogens is 543 g/mol.